The van der Waals surface area contributed by atoms with E-state index in [4.69, 9.17) is 4.74 Å². The van der Waals surface area contributed by atoms with Crippen LogP contribution in [0.25, 0.3) is 0 Å². The van der Waals surface area contributed by atoms with Gasteiger partial charge in [0.1, 0.15) is 0 Å². The first kappa shape index (κ1) is 17.2. The first-order valence-corrected chi connectivity index (χ1v) is 7.37. The van der Waals surface area contributed by atoms with E-state index in [2.05, 4.69) is 17.6 Å². The van der Waals surface area contributed by atoms with E-state index in [0.717, 1.165) is 25.9 Å². The number of carbonyl (C=O) groups excluding carboxylic acids is 2. The molecular weight excluding hydrogens is 268 g/mol. The van der Waals surface area contributed by atoms with E-state index in [1.54, 1.807) is 24.3 Å². The topological polar surface area (TPSA) is 67.4 Å². The predicted molar refractivity (Wildman–Crippen MR) is 83.8 cm³/mol. The van der Waals surface area contributed by atoms with Crippen LogP contribution in [0.5, 0.6) is 0 Å². The largest absolute Gasteiger partial charge is 0.381 e. The van der Waals surface area contributed by atoms with Gasteiger partial charge < -0.3 is 15.4 Å². The molecule has 5 heteroatoms. The number of benzene rings is 1. The van der Waals surface area contributed by atoms with Crippen molar-refractivity contribution in [2.24, 2.45) is 0 Å². The molecule has 0 spiro atoms. The Bertz CT molecular complexity index is 461. The molecule has 5 nitrogen and oxygen atoms in total. The molecule has 2 N–H and O–H groups in total. The maximum atomic E-state index is 11.7. The quantitative estimate of drug-likeness (QED) is 0.542. The molecule has 0 saturated heterocycles. The fourth-order valence-corrected chi connectivity index (χ4v) is 1.72. The molecule has 0 unspecified atom stereocenters. The zero-order chi connectivity index (χ0) is 15.5. The summed E-state index contributed by atoms with van der Waals surface area (Å²) in [4.78, 5) is 22.9. The number of nitrogens with one attached hydrogen (secondary N) is 2. The molecule has 0 aliphatic heterocycles. The fraction of sp³-hybridized carbons (Fsp3) is 0.500. The van der Waals surface area contributed by atoms with Crippen LogP contribution in [0.2, 0.25) is 0 Å². The Balaban J connectivity index is 2.21. The van der Waals surface area contributed by atoms with Crippen molar-refractivity contribution in [3.05, 3.63) is 29.8 Å². The standard InChI is InChI=1S/C16H24N2O3/c1-3-4-10-21-11-6-9-17-16(20)18-15-8-5-7-14(12-15)13(2)19/h5,7-8,12H,3-4,6,9-11H2,1-2H3,(H2,17,18,20). The van der Waals surface area contributed by atoms with Gasteiger partial charge in [-0.05, 0) is 31.9 Å². The summed E-state index contributed by atoms with van der Waals surface area (Å²) < 4.78 is 5.41. The van der Waals surface area contributed by atoms with Gasteiger partial charge in [0.05, 0.1) is 0 Å². The van der Waals surface area contributed by atoms with Gasteiger partial charge in [-0.15, -0.1) is 0 Å². The minimum absolute atomic E-state index is 0.0247. The third-order valence-electron chi connectivity index (χ3n) is 2.92. The highest BCUT2D eigenvalue weighted by atomic mass is 16.5. The van der Waals surface area contributed by atoms with Crippen LogP contribution in [0.4, 0.5) is 10.5 Å². The first-order valence-electron chi connectivity index (χ1n) is 7.37. The normalized spacial score (nSPS) is 10.2. The number of urea groups is 1. The van der Waals surface area contributed by atoms with Crippen molar-refractivity contribution in [3.8, 4) is 0 Å². The molecular formula is C16H24N2O3. The monoisotopic (exact) mass is 292 g/mol. The van der Waals surface area contributed by atoms with Crippen molar-refractivity contribution >= 4 is 17.5 Å². The van der Waals surface area contributed by atoms with Gasteiger partial charge >= 0.3 is 6.03 Å². The van der Waals surface area contributed by atoms with Gasteiger partial charge in [-0.1, -0.05) is 25.5 Å². The van der Waals surface area contributed by atoms with Gasteiger partial charge in [0.15, 0.2) is 5.78 Å². The molecule has 1 aromatic rings. The van der Waals surface area contributed by atoms with Crippen LogP contribution in [0.1, 0.15) is 43.5 Å². The van der Waals surface area contributed by atoms with E-state index in [0.29, 0.717) is 24.4 Å². The number of amides is 2. The third-order valence-corrected chi connectivity index (χ3v) is 2.92. The molecule has 116 valence electrons. The van der Waals surface area contributed by atoms with Crippen LogP contribution in [0, 0.1) is 0 Å². The van der Waals surface area contributed by atoms with E-state index in [9.17, 15) is 9.59 Å². The molecule has 0 bridgehead atoms. The molecule has 1 aromatic carbocycles. The number of hydrogen-bond donors (Lipinski definition) is 2. The number of carbonyl (C=O) groups is 2. The second-order valence-corrected chi connectivity index (χ2v) is 4.84. The Hall–Kier alpha value is -1.88. The van der Waals surface area contributed by atoms with Crippen LogP contribution in [-0.2, 0) is 4.74 Å². The highest BCUT2D eigenvalue weighted by molar-refractivity contribution is 5.96. The number of Topliss-reactive ketones (excluding diaryl/α,β-unsaturated/α-hetero) is 1. The maximum Gasteiger partial charge on any atom is 0.319 e. The molecule has 0 heterocycles. The van der Waals surface area contributed by atoms with Gasteiger partial charge in [-0.3, -0.25) is 4.79 Å². The predicted octanol–water partition coefficient (Wildman–Crippen LogP) is 3.22. The number of ketones is 1. The highest BCUT2D eigenvalue weighted by Gasteiger charge is 2.03. The minimum Gasteiger partial charge on any atom is -0.381 e. The summed E-state index contributed by atoms with van der Waals surface area (Å²) in [6, 6.07) is 6.60. The van der Waals surface area contributed by atoms with Gasteiger partial charge in [0.25, 0.3) is 0 Å². The van der Waals surface area contributed by atoms with Crippen LogP contribution >= 0.6 is 0 Å². The number of anilines is 1. The second-order valence-electron chi connectivity index (χ2n) is 4.84. The summed E-state index contributed by atoms with van der Waals surface area (Å²) in [5, 5.41) is 5.46. The average molecular weight is 292 g/mol. The molecule has 1 rings (SSSR count). The summed E-state index contributed by atoms with van der Waals surface area (Å²) >= 11 is 0. The lowest BCUT2D eigenvalue weighted by Crippen LogP contribution is -2.30. The van der Waals surface area contributed by atoms with Crippen molar-refractivity contribution < 1.29 is 14.3 Å². The summed E-state index contributed by atoms with van der Waals surface area (Å²) in [5.74, 6) is -0.0247. The Labute approximate surface area is 126 Å². The Morgan fingerprint density at radius 3 is 2.67 bits per heavy atom. The fourth-order valence-electron chi connectivity index (χ4n) is 1.72. The van der Waals surface area contributed by atoms with Crippen molar-refractivity contribution in [3.63, 3.8) is 0 Å². The van der Waals surface area contributed by atoms with Gasteiger partial charge in [0.2, 0.25) is 0 Å². The third kappa shape index (κ3) is 7.46. The van der Waals surface area contributed by atoms with Crippen molar-refractivity contribution in [2.45, 2.75) is 33.1 Å². The number of unbranched alkanes of at least 4 members (excludes halogenated alkanes) is 1. The van der Waals surface area contributed by atoms with Crippen LogP contribution in [-0.4, -0.2) is 31.6 Å². The maximum absolute atomic E-state index is 11.7. The Morgan fingerprint density at radius 2 is 1.95 bits per heavy atom. The molecule has 0 atom stereocenters. The first-order chi connectivity index (χ1) is 10.1. The molecule has 0 aliphatic carbocycles. The number of rotatable bonds is 9. The zero-order valence-electron chi connectivity index (χ0n) is 12.8. The van der Waals surface area contributed by atoms with E-state index >= 15 is 0 Å². The van der Waals surface area contributed by atoms with Gasteiger partial charge in [-0.2, -0.15) is 0 Å². The molecule has 21 heavy (non-hydrogen) atoms. The van der Waals surface area contributed by atoms with E-state index < -0.39 is 0 Å². The molecule has 0 aromatic heterocycles. The lowest BCUT2D eigenvalue weighted by atomic mass is 10.1. The summed E-state index contributed by atoms with van der Waals surface area (Å²) in [7, 11) is 0. The van der Waals surface area contributed by atoms with Crippen LogP contribution < -0.4 is 10.6 Å². The van der Waals surface area contributed by atoms with Crippen molar-refractivity contribution in [1.29, 1.82) is 0 Å². The molecule has 0 fully saturated rings. The highest BCUT2D eigenvalue weighted by Crippen LogP contribution is 2.10. The molecule has 0 aliphatic rings. The summed E-state index contributed by atoms with van der Waals surface area (Å²) in [5.41, 5.74) is 1.19. The molecule has 0 radical (unpaired) electrons. The van der Waals surface area contributed by atoms with E-state index in [1.807, 2.05) is 0 Å². The van der Waals surface area contributed by atoms with E-state index in [-0.39, 0.29) is 11.8 Å². The summed E-state index contributed by atoms with van der Waals surface area (Å²) in [6.07, 6.45) is 2.98. The van der Waals surface area contributed by atoms with Crippen molar-refractivity contribution in [2.75, 3.05) is 25.1 Å². The van der Waals surface area contributed by atoms with Crippen molar-refractivity contribution in [1.82, 2.24) is 5.32 Å². The average Bonchev–Trinajstić information content (AvgIpc) is 2.46. The SMILES string of the molecule is CCCCOCCCNC(=O)Nc1cccc(C(C)=O)c1. The van der Waals surface area contributed by atoms with Gasteiger partial charge in [0, 0.05) is 31.0 Å². The lowest BCUT2D eigenvalue weighted by Gasteiger charge is -2.08. The zero-order valence-corrected chi connectivity index (χ0v) is 12.8. The van der Waals surface area contributed by atoms with Gasteiger partial charge in [-0.25, -0.2) is 4.79 Å². The molecule has 0 saturated carbocycles. The van der Waals surface area contributed by atoms with Crippen LogP contribution in [0.15, 0.2) is 24.3 Å². The lowest BCUT2D eigenvalue weighted by molar-refractivity contribution is 0.101. The Morgan fingerprint density at radius 1 is 1.19 bits per heavy atom. The van der Waals surface area contributed by atoms with E-state index in [1.165, 1.54) is 6.92 Å². The number of ether oxygens (including phenoxy) is 1. The van der Waals surface area contributed by atoms with Crippen LogP contribution in [0.3, 0.4) is 0 Å². The second kappa shape index (κ2) is 9.94. The minimum atomic E-state index is -0.274. The smallest absolute Gasteiger partial charge is 0.319 e. The molecule has 2 amide bonds. The number of hydrogen-bond acceptors (Lipinski definition) is 3. The summed E-state index contributed by atoms with van der Waals surface area (Å²) in [6.45, 7) is 5.61. The Kier molecular flexibility index (Phi) is 8.12.